The molecule has 0 bridgehead atoms. The van der Waals surface area contributed by atoms with Gasteiger partial charge in [0.05, 0.1) is 5.92 Å². The van der Waals surface area contributed by atoms with Crippen LogP contribution in [0.2, 0.25) is 0 Å². The van der Waals surface area contributed by atoms with Gasteiger partial charge in [-0.05, 0) is 17.7 Å². The summed E-state index contributed by atoms with van der Waals surface area (Å²) in [5.41, 5.74) is 1.94. The Morgan fingerprint density at radius 3 is 2.35 bits per heavy atom. The molecule has 2 amide bonds. The third kappa shape index (κ3) is 3.42. The number of benzene rings is 2. The summed E-state index contributed by atoms with van der Waals surface area (Å²) in [6, 6.07) is 19.4. The van der Waals surface area contributed by atoms with Crippen LogP contribution < -0.4 is 4.90 Å². The monoisotopic (exact) mass is 308 g/mol. The predicted molar refractivity (Wildman–Crippen MR) is 89.8 cm³/mol. The van der Waals surface area contributed by atoms with E-state index in [0.29, 0.717) is 19.5 Å². The Bertz CT molecular complexity index is 685. The lowest BCUT2D eigenvalue weighted by Gasteiger charge is -2.21. The number of amides is 2. The van der Waals surface area contributed by atoms with E-state index in [4.69, 9.17) is 0 Å². The van der Waals surface area contributed by atoms with Gasteiger partial charge in [0.1, 0.15) is 0 Å². The van der Waals surface area contributed by atoms with E-state index in [0.717, 1.165) is 11.3 Å². The summed E-state index contributed by atoms with van der Waals surface area (Å²) in [5, 5.41) is 0. The fraction of sp³-hybridized carbons (Fsp3) is 0.263. The molecule has 2 aromatic rings. The van der Waals surface area contributed by atoms with Crippen LogP contribution in [0.1, 0.15) is 12.0 Å². The fourth-order valence-electron chi connectivity index (χ4n) is 2.95. The van der Waals surface area contributed by atoms with Gasteiger partial charge in [-0.25, -0.2) is 0 Å². The Balaban J connectivity index is 1.66. The first-order valence-corrected chi connectivity index (χ1v) is 7.79. The highest BCUT2D eigenvalue weighted by molar-refractivity contribution is 5.98. The molecule has 0 aliphatic carbocycles. The second kappa shape index (κ2) is 6.65. The molecule has 0 radical (unpaired) electrons. The van der Waals surface area contributed by atoms with Crippen LogP contribution in [0.3, 0.4) is 0 Å². The zero-order valence-electron chi connectivity index (χ0n) is 13.2. The highest BCUT2D eigenvalue weighted by Crippen LogP contribution is 2.24. The summed E-state index contributed by atoms with van der Waals surface area (Å²) < 4.78 is 0. The Morgan fingerprint density at radius 1 is 1.09 bits per heavy atom. The number of carbonyl (C=O) groups excluding carboxylic acids is 2. The highest BCUT2D eigenvalue weighted by atomic mass is 16.2. The maximum Gasteiger partial charge on any atom is 0.232 e. The lowest BCUT2D eigenvalue weighted by Crippen LogP contribution is -2.34. The van der Waals surface area contributed by atoms with Crippen molar-refractivity contribution in [1.82, 2.24) is 4.90 Å². The lowest BCUT2D eigenvalue weighted by atomic mass is 10.1. The van der Waals surface area contributed by atoms with E-state index in [-0.39, 0.29) is 17.7 Å². The van der Waals surface area contributed by atoms with Crippen LogP contribution in [0.4, 0.5) is 5.69 Å². The molecule has 3 rings (SSSR count). The molecule has 1 atom stereocenters. The molecular formula is C19H20N2O2. The number of para-hydroxylation sites is 1. The van der Waals surface area contributed by atoms with E-state index >= 15 is 0 Å². The second-order valence-electron chi connectivity index (χ2n) is 5.89. The molecule has 1 unspecified atom stereocenters. The molecule has 23 heavy (non-hydrogen) atoms. The standard InChI is InChI=1S/C19H20N2O2/c1-20(17-10-6-3-7-11-17)19(23)16-12-18(22)21(14-16)13-15-8-4-2-5-9-15/h2-11,16H,12-14H2,1H3. The molecular weight excluding hydrogens is 288 g/mol. The first-order valence-electron chi connectivity index (χ1n) is 7.79. The smallest absolute Gasteiger partial charge is 0.232 e. The number of rotatable bonds is 4. The van der Waals surface area contributed by atoms with Gasteiger partial charge < -0.3 is 9.80 Å². The molecule has 1 aliphatic heterocycles. The zero-order valence-corrected chi connectivity index (χ0v) is 13.2. The predicted octanol–water partition coefficient (Wildman–Crippen LogP) is 2.70. The number of carbonyl (C=O) groups is 2. The van der Waals surface area contributed by atoms with Crippen molar-refractivity contribution in [1.29, 1.82) is 0 Å². The van der Waals surface area contributed by atoms with Crippen molar-refractivity contribution in [2.45, 2.75) is 13.0 Å². The highest BCUT2D eigenvalue weighted by Gasteiger charge is 2.35. The van der Waals surface area contributed by atoms with Crippen molar-refractivity contribution >= 4 is 17.5 Å². The van der Waals surface area contributed by atoms with E-state index in [1.54, 1.807) is 16.8 Å². The second-order valence-corrected chi connectivity index (χ2v) is 5.89. The van der Waals surface area contributed by atoms with Crippen molar-refractivity contribution in [2.75, 3.05) is 18.5 Å². The van der Waals surface area contributed by atoms with E-state index < -0.39 is 0 Å². The summed E-state index contributed by atoms with van der Waals surface area (Å²) in [5.74, 6) is -0.217. The largest absolute Gasteiger partial charge is 0.338 e. The molecule has 1 heterocycles. The van der Waals surface area contributed by atoms with E-state index in [1.807, 2.05) is 60.7 Å². The fourth-order valence-corrected chi connectivity index (χ4v) is 2.95. The molecule has 1 aliphatic rings. The van der Waals surface area contributed by atoms with E-state index in [9.17, 15) is 9.59 Å². The van der Waals surface area contributed by atoms with Crippen LogP contribution in [0.15, 0.2) is 60.7 Å². The van der Waals surface area contributed by atoms with Gasteiger partial charge in [-0.1, -0.05) is 48.5 Å². The molecule has 0 aromatic heterocycles. The summed E-state index contributed by atoms with van der Waals surface area (Å²) in [6.07, 6.45) is 0.294. The Hall–Kier alpha value is -2.62. The topological polar surface area (TPSA) is 40.6 Å². The molecule has 4 nitrogen and oxygen atoms in total. The molecule has 0 saturated carbocycles. The SMILES string of the molecule is CN(C(=O)C1CC(=O)N(Cc2ccccc2)C1)c1ccccc1. The van der Waals surface area contributed by atoms with Gasteiger partial charge in [0.25, 0.3) is 0 Å². The van der Waals surface area contributed by atoms with Crippen LogP contribution in [-0.4, -0.2) is 30.3 Å². The minimum absolute atomic E-state index is 0.000103. The quantitative estimate of drug-likeness (QED) is 0.871. The first kappa shape index (κ1) is 15.3. The summed E-state index contributed by atoms with van der Waals surface area (Å²) in [6.45, 7) is 1.06. The molecule has 2 aromatic carbocycles. The van der Waals surface area contributed by atoms with Gasteiger partial charge in [0.15, 0.2) is 0 Å². The molecule has 1 fully saturated rings. The van der Waals surface area contributed by atoms with Crippen molar-refractivity contribution < 1.29 is 9.59 Å². The number of likely N-dealkylation sites (tertiary alicyclic amines) is 1. The number of anilines is 1. The first-order chi connectivity index (χ1) is 11.1. The maximum atomic E-state index is 12.6. The zero-order chi connectivity index (χ0) is 16.2. The normalized spacial score (nSPS) is 17.3. The van der Waals surface area contributed by atoms with Gasteiger partial charge in [0.2, 0.25) is 11.8 Å². The summed E-state index contributed by atoms with van der Waals surface area (Å²) in [7, 11) is 1.77. The molecule has 0 spiro atoms. The van der Waals surface area contributed by atoms with E-state index in [2.05, 4.69) is 0 Å². The van der Waals surface area contributed by atoms with Crippen LogP contribution in [-0.2, 0) is 16.1 Å². The lowest BCUT2D eigenvalue weighted by molar-refractivity contribution is -0.128. The Labute approximate surface area is 136 Å². The molecule has 118 valence electrons. The number of nitrogens with zero attached hydrogens (tertiary/aromatic N) is 2. The summed E-state index contributed by atoms with van der Waals surface area (Å²) >= 11 is 0. The Morgan fingerprint density at radius 2 is 1.70 bits per heavy atom. The van der Waals surface area contributed by atoms with Crippen LogP contribution in [0, 0.1) is 5.92 Å². The maximum absolute atomic E-state index is 12.6. The van der Waals surface area contributed by atoms with Gasteiger partial charge in [0, 0.05) is 32.2 Å². The average molecular weight is 308 g/mol. The van der Waals surface area contributed by atoms with Crippen LogP contribution >= 0.6 is 0 Å². The summed E-state index contributed by atoms with van der Waals surface area (Å²) in [4.78, 5) is 28.3. The number of hydrogen-bond acceptors (Lipinski definition) is 2. The number of hydrogen-bond donors (Lipinski definition) is 0. The Kier molecular flexibility index (Phi) is 4.42. The van der Waals surface area contributed by atoms with Crippen molar-refractivity contribution in [3.63, 3.8) is 0 Å². The molecule has 1 saturated heterocycles. The molecule has 4 heteroatoms. The third-order valence-corrected chi connectivity index (χ3v) is 4.25. The van der Waals surface area contributed by atoms with Gasteiger partial charge in [-0.2, -0.15) is 0 Å². The van der Waals surface area contributed by atoms with Gasteiger partial charge >= 0.3 is 0 Å². The van der Waals surface area contributed by atoms with Gasteiger partial charge in [-0.15, -0.1) is 0 Å². The van der Waals surface area contributed by atoms with Crippen molar-refractivity contribution in [3.8, 4) is 0 Å². The third-order valence-electron chi connectivity index (χ3n) is 4.25. The minimum Gasteiger partial charge on any atom is -0.338 e. The van der Waals surface area contributed by atoms with Gasteiger partial charge in [-0.3, -0.25) is 9.59 Å². The van der Waals surface area contributed by atoms with Crippen molar-refractivity contribution in [3.05, 3.63) is 66.2 Å². The minimum atomic E-state index is -0.267. The molecule has 0 N–H and O–H groups in total. The average Bonchev–Trinajstić information content (AvgIpc) is 2.96. The van der Waals surface area contributed by atoms with Crippen LogP contribution in [0.5, 0.6) is 0 Å². The van der Waals surface area contributed by atoms with Crippen LogP contribution in [0.25, 0.3) is 0 Å². The van der Waals surface area contributed by atoms with E-state index in [1.165, 1.54) is 0 Å². The van der Waals surface area contributed by atoms with Crippen molar-refractivity contribution in [2.24, 2.45) is 5.92 Å².